The highest BCUT2D eigenvalue weighted by atomic mass is 16.2. The molecule has 0 saturated heterocycles. The van der Waals surface area contributed by atoms with Crippen LogP contribution in [0.1, 0.15) is 69.8 Å². The van der Waals surface area contributed by atoms with E-state index in [1.807, 2.05) is 48.3 Å². The van der Waals surface area contributed by atoms with Crippen LogP contribution in [0.25, 0.3) is 22.4 Å². The summed E-state index contributed by atoms with van der Waals surface area (Å²) in [4.78, 5) is 27.4. The van der Waals surface area contributed by atoms with Gasteiger partial charge in [-0.1, -0.05) is 54.6 Å². The lowest BCUT2D eigenvalue weighted by Gasteiger charge is -2.38. The van der Waals surface area contributed by atoms with Gasteiger partial charge in [0.15, 0.2) is 5.82 Å². The zero-order chi connectivity index (χ0) is 27.7. The number of rotatable bonds is 8. The van der Waals surface area contributed by atoms with Gasteiger partial charge in [0.25, 0.3) is 0 Å². The van der Waals surface area contributed by atoms with Gasteiger partial charge in [0, 0.05) is 42.1 Å². The molecule has 3 saturated carbocycles. The number of carbonyl (C=O) groups excluding carboxylic acids is 2. The molecule has 7 nitrogen and oxygen atoms in total. The quantitative estimate of drug-likeness (QED) is 0.372. The fourth-order valence-electron chi connectivity index (χ4n) is 6.30. The zero-order valence-electron chi connectivity index (χ0n) is 23.3. The third-order valence-corrected chi connectivity index (χ3v) is 9.24. The molecule has 0 atom stereocenters. The zero-order valence-corrected chi connectivity index (χ0v) is 23.3. The van der Waals surface area contributed by atoms with Crippen molar-refractivity contribution in [3.63, 3.8) is 0 Å². The Morgan fingerprint density at radius 2 is 1.62 bits per heavy atom. The molecule has 0 spiro atoms. The largest absolute Gasteiger partial charge is 0.343 e. The van der Waals surface area contributed by atoms with Gasteiger partial charge in [0.05, 0.1) is 0 Å². The molecule has 7 heteroatoms. The Morgan fingerprint density at radius 1 is 0.925 bits per heavy atom. The van der Waals surface area contributed by atoms with Crippen LogP contribution in [0, 0.1) is 11.8 Å². The van der Waals surface area contributed by atoms with Crippen molar-refractivity contribution in [3.8, 4) is 22.4 Å². The van der Waals surface area contributed by atoms with Crippen LogP contribution in [0.15, 0.2) is 60.7 Å². The Morgan fingerprint density at radius 3 is 2.25 bits per heavy atom. The number of aromatic nitrogens is 2. The first-order valence-corrected chi connectivity index (χ1v) is 14.8. The van der Waals surface area contributed by atoms with E-state index >= 15 is 0 Å². The van der Waals surface area contributed by atoms with Gasteiger partial charge in [-0.15, -0.1) is 10.2 Å². The van der Waals surface area contributed by atoms with Crippen molar-refractivity contribution >= 4 is 17.6 Å². The van der Waals surface area contributed by atoms with E-state index < -0.39 is 0 Å². The molecule has 1 heterocycles. The van der Waals surface area contributed by atoms with Crippen LogP contribution in [0.4, 0.5) is 5.82 Å². The number of amides is 2. The first-order chi connectivity index (χ1) is 19.4. The van der Waals surface area contributed by atoms with E-state index in [0.29, 0.717) is 30.1 Å². The molecule has 0 bridgehead atoms. The van der Waals surface area contributed by atoms with Crippen molar-refractivity contribution in [2.75, 3.05) is 12.4 Å². The maximum Gasteiger partial charge on any atom is 0.225 e. The average molecular weight is 538 g/mol. The van der Waals surface area contributed by atoms with Crippen LogP contribution < -0.4 is 11.1 Å². The average Bonchev–Trinajstić information content (AvgIpc) is 3.82. The van der Waals surface area contributed by atoms with Gasteiger partial charge in [0.1, 0.15) is 5.69 Å². The van der Waals surface area contributed by atoms with E-state index in [1.165, 1.54) is 6.42 Å². The molecule has 6 rings (SSSR count). The molecular weight excluding hydrogens is 498 g/mol. The molecule has 0 aliphatic heterocycles. The van der Waals surface area contributed by atoms with Crippen molar-refractivity contribution in [1.82, 2.24) is 15.1 Å². The van der Waals surface area contributed by atoms with Crippen LogP contribution in [0.5, 0.6) is 0 Å². The number of hydrogen-bond acceptors (Lipinski definition) is 5. The van der Waals surface area contributed by atoms with Crippen LogP contribution in [-0.4, -0.2) is 40.0 Å². The standard InChI is InChI=1S/C33H39N5O2/c1-38(32(40)25-10-11-25)27-16-8-22(9-17-27)20-30(39)35-29-21-28(23-6-3-2-4-7-23)31(37-36-29)24-12-14-26(15-13-24)33(34)18-5-19-33/h2-4,6-7,12-15,21-22,25,27H,5,8-11,16-20,34H2,1H3,(H,35,36,39). The van der Waals surface area contributed by atoms with E-state index in [4.69, 9.17) is 5.73 Å². The van der Waals surface area contributed by atoms with Crippen molar-refractivity contribution in [3.05, 3.63) is 66.2 Å². The maximum absolute atomic E-state index is 13.0. The van der Waals surface area contributed by atoms with E-state index in [2.05, 4.69) is 39.8 Å². The number of nitrogens with one attached hydrogen (secondary N) is 1. The molecule has 208 valence electrons. The summed E-state index contributed by atoms with van der Waals surface area (Å²) in [6.07, 6.45) is 9.59. The lowest BCUT2D eigenvalue weighted by atomic mass is 9.72. The smallest absolute Gasteiger partial charge is 0.225 e. The number of nitrogens with two attached hydrogens (primary N) is 1. The third-order valence-electron chi connectivity index (χ3n) is 9.24. The minimum absolute atomic E-state index is 0.0370. The van der Waals surface area contributed by atoms with Crippen molar-refractivity contribution < 1.29 is 9.59 Å². The summed E-state index contributed by atoms with van der Waals surface area (Å²) in [7, 11) is 1.95. The molecule has 0 unspecified atom stereocenters. The maximum atomic E-state index is 13.0. The van der Waals surface area contributed by atoms with E-state index in [0.717, 1.165) is 79.3 Å². The minimum Gasteiger partial charge on any atom is -0.343 e. The molecule has 2 amide bonds. The number of nitrogens with zero attached hydrogens (tertiary/aromatic N) is 3. The Labute approximate surface area is 236 Å². The number of anilines is 1. The number of benzene rings is 2. The molecule has 3 N–H and O–H groups in total. The normalized spacial score (nSPS) is 21.8. The highest BCUT2D eigenvalue weighted by Gasteiger charge is 2.36. The van der Waals surface area contributed by atoms with Gasteiger partial charge >= 0.3 is 0 Å². The van der Waals surface area contributed by atoms with E-state index in [9.17, 15) is 9.59 Å². The van der Waals surface area contributed by atoms with Crippen LogP contribution in [0.2, 0.25) is 0 Å². The molecule has 0 radical (unpaired) electrons. The first kappa shape index (κ1) is 26.6. The van der Waals surface area contributed by atoms with Gasteiger partial charge in [-0.25, -0.2) is 0 Å². The predicted octanol–water partition coefficient (Wildman–Crippen LogP) is 5.90. The predicted molar refractivity (Wildman–Crippen MR) is 157 cm³/mol. The van der Waals surface area contributed by atoms with Gasteiger partial charge in [0.2, 0.25) is 11.8 Å². The fourth-order valence-corrected chi connectivity index (χ4v) is 6.30. The molecule has 3 aromatic rings. The summed E-state index contributed by atoms with van der Waals surface area (Å²) < 4.78 is 0. The Balaban J connectivity index is 1.13. The lowest BCUT2D eigenvalue weighted by molar-refractivity contribution is -0.134. The summed E-state index contributed by atoms with van der Waals surface area (Å²) in [5.41, 5.74) is 11.2. The summed E-state index contributed by atoms with van der Waals surface area (Å²) >= 11 is 0. The molecule has 3 fully saturated rings. The summed E-state index contributed by atoms with van der Waals surface area (Å²) in [5.74, 6) is 1.30. The number of carbonyl (C=O) groups is 2. The van der Waals surface area contributed by atoms with Crippen molar-refractivity contribution in [2.24, 2.45) is 17.6 Å². The van der Waals surface area contributed by atoms with E-state index in [1.54, 1.807) is 0 Å². The summed E-state index contributed by atoms with van der Waals surface area (Å²) in [6.45, 7) is 0. The van der Waals surface area contributed by atoms with Crippen LogP contribution in [0.3, 0.4) is 0 Å². The summed E-state index contributed by atoms with van der Waals surface area (Å²) in [5, 5.41) is 12.0. The van der Waals surface area contributed by atoms with E-state index in [-0.39, 0.29) is 17.4 Å². The van der Waals surface area contributed by atoms with Gasteiger partial charge in [-0.3, -0.25) is 9.59 Å². The molecule has 3 aliphatic carbocycles. The molecule has 2 aromatic carbocycles. The molecule has 1 aromatic heterocycles. The van der Waals surface area contributed by atoms with Gasteiger partial charge in [-0.2, -0.15) is 0 Å². The Kier molecular flexibility index (Phi) is 7.41. The fraction of sp³-hybridized carbons (Fsp3) is 0.455. The second-order valence-electron chi connectivity index (χ2n) is 12.1. The SMILES string of the molecule is CN(C(=O)C1CC1)C1CCC(CC(=O)Nc2cc(-c3ccccc3)c(-c3ccc(C4(N)CCC4)cc3)nn2)CC1. The van der Waals surface area contributed by atoms with Crippen LogP contribution in [-0.2, 0) is 15.1 Å². The third kappa shape index (κ3) is 5.66. The van der Waals surface area contributed by atoms with Crippen molar-refractivity contribution in [2.45, 2.75) is 75.8 Å². The molecular formula is C33H39N5O2. The Bertz CT molecular complexity index is 1360. The first-order valence-electron chi connectivity index (χ1n) is 14.8. The van der Waals surface area contributed by atoms with Gasteiger partial charge in [-0.05, 0) is 80.9 Å². The monoisotopic (exact) mass is 537 g/mol. The Hall–Kier alpha value is -3.58. The summed E-state index contributed by atoms with van der Waals surface area (Å²) in [6, 6.07) is 20.7. The molecule has 40 heavy (non-hydrogen) atoms. The lowest BCUT2D eigenvalue weighted by Crippen LogP contribution is -2.43. The second-order valence-corrected chi connectivity index (χ2v) is 12.1. The highest BCUT2D eigenvalue weighted by Crippen LogP contribution is 2.40. The highest BCUT2D eigenvalue weighted by molar-refractivity contribution is 5.91. The minimum atomic E-state index is -0.205. The van der Waals surface area contributed by atoms with Crippen LogP contribution >= 0.6 is 0 Å². The topological polar surface area (TPSA) is 101 Å². The van der Waals surface area contributed by atoms with Gasteiger partial charge < -0.3 is 16.0 Å². The van der Waals surface area contributed by atoms with Crippen molar-refractivity contribution in [1.29, 1.82) is 0 Å². The second kappa shape index (κ2) is 11.1. The number of hydrogen-bond donors (Lipinski definition) is 2. The molecule has 3 aliphatic rings.